The summed E-state index contributed by atoms with van der Waals surface area (Å²) in [7, 11) is 0. The zero-order valence-corrected chi connectivity index (χ0v) is 9.41. The Balaban J connectivity index is 2.62. The highest BCUT2D eigenvalue weighted by molar-refractivity contribution is 14.1. The minimum Gasteiger partial charge on any atom is -0.387 e. The Morgan fingerprint density at radius 3 is 2.79 bits per heavy atom. The largest absolute Gasteiger partial charge is 0.387 e. The van der Waals surface area contributed by atoms with Crippen LogP contribution < -0.4 is 0 Å². The number of alkyl halides is 2. The maximum atomic E-state index is 13.2. The summed E-state index contributed by atoms with van der Waals surface area (Å²) >= 11 is 1.43. The van der Waals surface area contributed by atoms with Gasteiger partial charge in [0, 0.05) is 6.54 Å². The van der Waals surface area contributed by atoms with Gasteiger partial charge in [-0.2, -0.15) is 0 Å². The van der Waals surface area contributed by atoms with E-state index in [1.165, 1.54) is 23.0 Å². The molecule has 14 heavy (non-hydrogen) atoms. The summed E-state index contributed by atoms with van der Waals surface area (Å²) in [6.07, 6.45) is -1.06. The number of halogens is 3. The normalized spacial score (nSPS) is 26.3. The van der Waals surface area contributed by atoms with E-state index in [1.54, 1.807) is 0 Å². The zero-order chi connectivity index (χ0) is 10.8. The molecule has 0 aromatic rings. The van der Waals surface area contributed by atoms with Crippen molar-refractivity contribution in [1.82, 2.24) is 4.90 Å². The molecule has 0 aromatic heterocycles. The van der Waals surface area contributed by atoms with Gasteiger partial charge >= 0.3 is 0 Å². The Morgan fingerprint density at radius 1 is 1.71 bits per heavy atom. The number of likely N-dealkylation sites (tertiary alicyclic amines) is 1. The first-order valence-electron chi connectivity index (χ1n) is 4.05. The minimum absolute atomic E-state index is 0.0850. The van der Waals surface area contributed by atoms with Gasteiger partial charge in [0.15, 0.2) is 0 Å². The van der Waals surface area contributed by atoms with Crippen LogP contribution in [0.4, 0.5) is 8.78 Å². The molecule has 0 aromatic carbocycles. The Morgan fingerprint density at radius 2 is 2.36 bits per heavy atom. The molecule has 0 spiro atoms. The van der Waals surface area contributed by atoms with E-state index in [4.69, 9.17) is 5.11 Å². The van der Waals surface area contributed by atoms with Crippen molar-refractivity contribution in [2.75, 3.05) is 19.7 Å². The van der Waals surface area contributed by atoms with Gasteiger partial charge in [-0.1, -0.05) is 0 Å². The molecule has 0 aliphatic carbocycles. The second-order valence-electron chi connectivity index (χ2n) is 3.10. The van der Waals surface area contributed by atoms with Crippen molar-refractivity contribution < 1.29 is 21.7 Å². The number of hydrogen-bond acceptors (Lipinski definition) is 3. The van der Waals surface area contributed by atoms with Gasteiger partial charge in [0.25, 0.3) is 5.92 Å². The van der Waals surface area contributed by atoms with Crippen LogP contribution in [0.2, 0.25) is 0 Å². The van der Waals surface area contributed by atoms with Crippen LogP contribution in [0, 0.1) is 0 Å². The molecule has 1 N–H and O–H groups in total. The molecule has 1 heterocycles. The van der Waals surface area contributed by atoms with Gasteiger partial charge in [-0.3, -0.25) is 4.79 Å². The van der Waals surface area contributed by atoms with E-state index in [0.717, 1.165) is 4.90 Å². The number of piperidine rings is 1. The molecule has 1 saturated heterocycles. The van der Waals surface area contributed by atoms with Crippen LogP contribution in [0.3, 0.4) is 0 Å². The fourth-order valence-electron chi connectivity index (χ4n) is 1.34. The first kappa shape index (κ1) is 12.1. The van der Waals surface area contributed by atoms with Crippen LogP contribution in [0.15, 0.2) is 0 Å². The van der Waals surface area contributed by atoms with E-state index in [1.807, 2.05) is 0 Å². The van der Waals surface area contributed by atoms with E-state index < -0.39 is 31.1 Å². The molecule has 1 aliphatic rings. The molecule has 1 atom stereocenters. The quantitative estimate of drug-likeness (QED) is 0.757. The number of carbonyl (C=O) groups excluding carboxylic acids is 1. The number of hydrogen-bond donors (Lipinski definition) is 1. The minimum atomic E-state index is -3.04. The van der Waals surface area contributed by atoms with E-state index in [2.05, 4.69) is 3.07 Å². The second kappa shape index (κ2) is 4.67. The molecular weight excluding hydrogens is 311 g/mol. The number of rotatable bonds is 2. The SMILES string of the molecule is O=C(CO)N1CCC(OI)C(F)(F)C1. The standard InChI is InChI=1S/C7H10F2INO3/c8-7(9)4-11(6(13)3-12)2-1-5(7)14-10/h5,12H,1-4H2. The summed E-state index contributed by atoms with van der Waals surface area (Å²) in [6, 6.07) is 0. The van der Waals surface area contributed by atoms with Crippen molar-refractivity contribution in [3.8, 4) is 0 Å². The molecule has 1 amide bonds. The van der Waals surface area contributed by atoms with Crippen molar-refractivity contribution in [3.05, 3.63) is 0 Å². The lowest BCUT2D eigenvalue weighted by Crippen LogP contribution is -2.54. The van der Waals surface area contributed by atoms with E-state index >= 15 is 0 Å². The van der Waals surface area contributed by atoms with Gasteiger partial charge < -0.3 is 13.1 Å². The third-order valence-corrected chi connectivity index (χ3v) is 2.74. The van der Waals surface area contributed by atoms with Gasteiger partial charge in [0.05, 0.1) is 6.54 Å². The Kier molecular flexibility index (Phi) is 4.02. The van der Waals surface area contributed by atoms with Crippen molar-refractivity contribution in [2.45, 2.75) is 18.4 Å². The van der Waals surface area contributed by atoms with Gasteiger partial charge in [0.1, 0.15) is 35.7 Å². The maximum Gasteiger partial charge on any atom is 0.291 e. The summed E-state index contributed by atoms with van der Waals surface area (Å²) in [5.74, 6) is -3.71. The molecule has 0 radical (unpaired) electrons. The fourth-order valence-corrected chi connectivity index (χ4v) is 1.97. The molecule has 1 aliphatic heterocycles. The zero-order valence-electron chi connectivity index (χ0n) is 7.25. The number of carbonyl (C=O) groups is 1. The van der Waals surface area contributed by atoms with Crippen LogP contribution in [0.1, 0.15) is 6.42 Å². The molecule has 1 fully saturated rings. The fraction of sp³-hybridized carbons (Fsp3) is 0.857. The third-order valence-electron chi connectivity index (χ3n) is 2.13. The highest BCUT2D eigenvalue weighted by Crippen LogP contribution is 2.30. The maximum absolute atomic E-state index is 13.2. The monoisotopic (exact) mass is 321 g/mol. The number of nitrogens with zero attached hydrogens (tertiary/aromatic N) is 1. The third kappa shape index (κ3) is 2.51. The van der Waals surface area contributed by atoms with Crippen LogP contribution in [-0.2, 0) is 7.86 Å². The smallest absolute Gasteiger partial charge is 0.291 e. The number of aliphatic hydroxyl groups excluding tert-OH is 1. The predicted molar refractivity (Wildman–Crippen MR) is 52.1 cm³/mol. The summed E-state index contributed by atoms with van der Waals surface area (Å²) < 4.78 is 31.0. The van der Waals surface area contributed by atoms with Crippen molar-refractivity contribution in [1.29, 1.82) is 0 Å². The topological polar surface area (TPSA) is 49.8 Å². The van der Waals surface area contributed by atoms with Crippen LogP contribution in [0.25, 0.3) is 0 Å². The van der Waals surface area contributed by atoms with Gasteiger partial charge in [0.2, 0.25) is 5.91 Å². The molecule has 0 bridgehead atoms. The molecule has 4 nitrogen and oxygen atoms in total. The lowest BCUT2D eigenvalue weighted by atomic mass is 10.0. The van der Waals surface area contributed by atoms with Crippen LogP contribution >= 0.6 is 23.0 Å². The molecule has 7 heteroatoms. The van der Waals surface area contributed by atoms with Crippen molar-refractivity contribution >= 4 is 28.9 Å². The molecule has 1 rings (SSSR count). The highest BCUT2D eigenvalue weighted by atomic mass is 127. The van der Waals surface area contributed by atoms with Gasteiger partial charge in [-0.15, -0.1) is 0 Å². The van der Waals surface area contributed by atoms with Gasteiger partial charge in [-0.25, -0.2) is 8.78 Å². The molecular formula is C7H10F2INO3. The molecule has 1 unspecified atom stereocenters. The summed E-state index contributed by atoms with van der Waals surface area (Å²) in [5.41, 5.74) is 0. The Hall–Kier alpha value is -0.0200. The summed E-state index contributed by atoms with van der Waals surface area (Å²) in [6.45, 7) is -1.21. The summed E-state index contributed by atoms with van der Waals surface area (Å²) in [4.78, 5) is 11.9. The Labute approximate surface area is 93.9 Å². The molecule has 82 valence electrons. The average molecular weight is 321 g/mol. The highest BCUT2D eigenvalue weighted by Gasteiger charge is 2.46. The summed E-state index contributed by atoms with van der Waals surface area (Å²) in [5, 5.41) is 8.51. The number of aliphatic hydroxyl groups is 1. The average Bonchev–Trinajstić information content (AvgIpc) is 2.15. The molecule has 0 saturated carbocycles. The van der Waals surface area contributed by atoms with Crippen LogP contribution in [-0.4, -0.2) is 47.6 Å². The van der Waals surface area contributed by atoms with E-state index in [0.29, 0.717) is 0 Å². The van der Waals surface area contributed by atoms with Crippen molar-refractivity contribution in [2.24, 2.45) is 0 Å². The second-order valence-corrected chi connectivity index (χ2v) is 3.61. The number of amides is 1. The first-order chi connectivity index (χ1) is 6.51. The van der Waals surface area contributed by atoms with Gasteiger partial charge in [-0.05, 0) is 6.42 Å². The Bertz CT molecular complexity index is 227. The predicted octanol–water partition coefficient (Wildman–Crippen LogP) is 0.581. The van der Waals surface area contributed by atoms with Crippen LogP contribution in [0.5, 0.6) is 0 Å². The lowest BCUT2D eigenvalue weighted by Gasteiger charge is -2.36. The first-order valence-corrected chi connectivity index (χ1v) is 4.93. The van der Waals surface area contributed by atoms with E-state index in [9.17, 15) is 13.6 Å². The lowest BCUT2D eigenvalue weighted by molar-refractivity contribution is -0.157. The van der Waals surface area contributed by atoms with Crippen molar-refractivity contribution in [3.63, 3.8) is 0 Å². The van der Waals surface area contributed by atoms with E-state index in [-0.39, 0.29) is 13.0 Å².